The van der Waals surface area contributed by atoms with Crippen molar-refractivity contribution in [2.45, 2.75) is 65.2 Å². The summed E-state index contributed by atoms with van der Waals surface area (Å²) in [6.07, 6.45) is 8.01. The van der Waals surface area contributed by atoms with Gasteiger partial charge in [0.15, 0.2) is 0 Å². The summed E-state index contributed by atoms with van der Waals surface area (Å²) in [7, 11) is 0. The van der Waals surface area contributed by atoms with Gasteiger partial charge in [0.25, 0.3) is 0 Å². The molecular formula is C16H28N4O3S. The highest BCUT2D eigenvalue weighted by Crippen LogP contribution is 2.18. The van der Waals surface area contributed by atoms with Crippen molar-refractivity contribution in [1.29, 1.82) is 0 Å². The maximum Gasteiger partial charge on any atom is 0.407 e. The standard InChI is InChI=1S/C16H28N4O3S/c1-3-5-6-7-8-9-10-14-19-20-15(24-14)18-13(21)11-12-17-16(22)23-4-2/h3-12H2,1-2H3,(H,17,22)(H,18,20,21). The minimum absolute atomic E-state index is 0.172. The van der Waals surface area contributed by atoms with Gasteiger partial charge in [-0.1, -0.05) is 50.4 Å². The van der Waals surface area contributed by atoms with Gasteiger partial charge in [0.05, 0.1) is 6.61 Å². The Kier molecular flexibility index (Phi) is 10.8. The fourth-order valence-electron chi connectivity index (χ4n) is 2.10. The Labute approximate surface area is 147 Å². The van der Waals surface area contributed by atoms with Crippen LogP contribution in [0.25, 0.3) is 0 Å². The van der Waals surface area contributed by atoms with Gasteiger partial charge in [-0.05, 0) is 13.3 Å². The van der Waals surface area contributed by atoms with Crippen LogP contribution in [0.4, 0.5) is 9.93 Å². The van der Waals surface area contributed by atoms with E-state index in [1.807, 2.05) is 0 Å². The Morgan fingerprint density at radius 3 is 2.58 bits per heavy atom. The SMILES string of the molecule is CCCCCCCCc1nnc(NC(=O)CCNC(=O)OCC)s1. The molecule has 0 spiro atoms. The molecule has 7 nitrogen and oxygen atoms in total. The normalized spacial score (nSPS) is 10.4. The van der Waals surface area contributed by atoms with Crippen LogP contribution < -0.4 is 10.6 Å². The molecule has 0 atom stereocenters. The van der Waals surface area contributed by atoms with E-state index in [-0.39, 0.29) is 18.9 Å². The third-order valence-corrected chi connectivity index (χ3v) is 4.25. The first-order valence-corrected chi connectivity index (χ1v) is 9.50. The number of rotatable bonds is 12. The second kappa shape index (κ2) is 12.7. The van der Waals surface area contributed by atoms with Gasteiger partial charge in [0.2, 0.25) is 11.0 Å². The number of nitrogens with zero attached hydrogens (tertiary/aromatic N) is 2. The predicted molar refractivity (Wildman–Crippen MR) is 95.3 cm³/mol. The van der Waals surface area contributed by atoms with Gasteiger partial charge < -0.3 is 15.4 Å². The van der Waals surface area contributed by atoms with Gasteiger partial charge >= 0.3 is 6.09 Å². The molecule has 0 aromatic carbocycles. The van der Waals surface area contributed by atoms with E-state index in [2.05, 4.69) is 27.8 Å². The quantitative estimate of drug-likeness (QED) is 0.559. The lowest BCUT2D eigenvalue weighted by molar-refractivity contribution is -0.116. The highest BCUT2D eigenvalue weighted by atomic mass is 32.1. The molecule has 0 saturated heterocycles. The van der Waals surface area contributed by atoms with E-state index in [4.69, 9.17) is 4.74 Å². The summed E-state index contributed by atoms with van der Waals surface area (Å²) in [5, 5.41) is 14.7. The van der Waals surface area contributed by atoms with Crippen LogP contribution in [0.3, 0.4) is 0 Å². The fourth-order valence-corrected chi connectivity index (χ4v) is 2.90. The first-order valence-electron chi connectivity index (χ1n) is 8.68. The summed E-state index contributed by atoms with van der Waals surface area (Å²) in [6, 6.07) is 0. The topological polar surface area (TPSA) is 93.2 Å². The number of hydrogen-bond donors (Lipinski definition) is 2. The molecule has 1 aromatic heterocycles. The summed E-state index contributed by atoms with van der Waals surface area (Å²) in [4.78, 5) is 22.8. The predicted octanol–water partition coefficient (Wildman–Crippen LogP) is 3.52. The van der Waals surface area contributed by atoms with E-state index in [0.717, 1.165) is 17.8 Å². The van der Waals surface area contributed by atoms with E-state index in [0.29, 0.717) is 11.7 Å². The third-order valence-electron chi connectivity index (χ3n) is 3.35. The monoisotopic (exact) mass is 356 g/mol. The molecule has 1 rings (SSSR count). The van der Waals surface area contributed by atoms with Crippen molar-refractivity contribution in [2.24, 2.45) is 0 Å². The maximum atomic E-state index is 11.8. The molecule has 0 aliphatic rings. The van der Waals surface area contributed by atoms with Gasteiger partial charge in [-0.15, -0.1) is 10.2 Å². The minimum Gasteiger partial charge on any atom is -0.450 e. The van der Waals surface area contributed by atoms with Crippen LogP contribution in [-0.4, -0.2) is 35.3 Å². The summed E-state index contributed by atoms with van der Waals surface area (Å²) < 4.78 is 4.71. The van der Waals surface area contributed by atoms with E-state index in [1.54, 1.807) is 6.92 Å². The van der Waals surface area contributed by atoms with Crippen molar-refractivity contribution >= 4 is 28.5 Å². The number of carbonyl (C=O) groups is 2. The highest BCUT2D eigenvalue weighted by molar-refractivity contribution is 7.15. The number of ether oxygens (including phenoxy) is 1. The number of aromatic nitrogens is 2. The van der Waals surface area contributed by atoms with Crippen LogP contribution >= 0.6 is 11.3 Å². The molecule has 2 amide bonds. The molecule has 2 N–H and O–H groups in total. The number of unbranched alkanes of at least 4 members (excludes halogenated alkanes) is 5. The lowest BCUT2D eigenvalue weighted by atomic mass is 10.1. The molecule has 0 saturated carbocycles. The van der Waals surface area contributed by atoms with Gasteiger partial charge in [0, 0.05) is 19.4 Å². The average Bonchev–Trinajstić information content (AvgIpc) is 2.98. The average molecular weight is 356 g/mol. The van der Waals surface area contributed by atoms with Crippen molar-refractivity contribution in [3.05, 3.63) is 5.01 Å². The van der Waals surface area contributed by atoms with E-state index in [9.17, 15) is 9.59 Å². The Bertz CT molecular complexity index is 493. The number of amides is 2. The van der Waals surface area contributed by atoms with Crippen molar-refractivity contribution in [1.82, 2.24) is 15.5 Å². The van der Waals surface area contributed by atoms with Gasteiger partial charge in [-0.25, -0.2) is 4.79 Å². The van der Waals surface area contributed by atoms with E-state index in [1.165, 1.54) is 43.4 Å². The first kappa shape index (κ1) is 20.3. The van der Waals surface area contributed by atoms with Gasteiger partial charge in [0.1, 0.15) is 5.01 Å². The molecule has 0 unspecified atom stereocenters. The van der Waals surface area contributed by atoms with Crippen LogP contribution in [0.15, 0.2) is 0 Å². The van der Waals surface area contributed by atoms with E-state index < -0.39 is 6.09 Å². The van der Waals surface area contributed by atoms with Crippen LogP contribution in [0, 0.1) is 0 Å². The fraction of sp³-hybridized carbons (Fsp3) is 0.750. The molecule has 0 fully saturated rings. The smallest absolute Gasteiger partial charge is 0.407 e. The number of aryl methyl sites for hydroxylation is 1. The molecule has 0 aliphatic carbocycles. The lowest BCUT2D eigenvalue weighted by Crippen LogP contribution is -2.28. The van der Waals surface area contributed by atoms with Crippen LogP contribution in [0.5, 0.6) is 0 Å². The molecule has 24 heavy (non-hydrogen) atoms. The minimum atomic E-state index is -0.512. The molecule has 1 aromatic rings. The van der Waals surface area contributed by atoms with Crippen molar-refractivity contribution in [3.8, 4) is 0 Å². The Morgan fingerprint density at radius 1 is 1.08 bits per heavy atom. The van der Waals surface area contributed by atoms with Gasteiger partial charge in [-0.2, -0.15) is 0 Å². The zero-order valence-electron chi connectivity index (χ0n) is 14.6. The van der Waals surface area contributed by atoms with Gasteiger partial charge in [-0.3, -0.25) is 4.79 Å². The largest absolute Gasteiger partial charge is 0.450 e. The number of anilines is 1. The summed E-state index contributed by atoms with van der Waals surface area (Å²) in [5.41, 5.74) is 0. The molecule has 0 bridgehead atoms. The Balaban J connectivity index is 2.16. The summed E-state index contributed by atoms with van der Waals surface area (Å²) >= 11 is 1.41. The molecule has 136 valence electrons. The highest BCUT2D eigenvalue weighted by Gasteiger charge is 2.09. The molecular weight excluding hydrogens is 328 g/mol. The van der Waals surface area contributed by atoms with Crippen molar-refractivity contribution in [2.75, 3.05) is 18.5 Å². The zero-order chi connectivity index (χ0) is 17.6. The lowest BCUT2D eigenvalue weighted by Gasteiger charge is -2.04. The maximum absolute atomic E-state index is 11.8. The Morgan fingerprint density at radius 2 is 1.83 bits per heavy atom. The second-order valence-electron chi connectivity index (χ2n) is 5.46. The van der Waals surface area contributed by atoms with Crippen LogP contribution in [0.2, 0.25) is 0 Å². The molecule has 8 heteroatoms. The molecule has 0 radical (unpaired) electrons. The Hall–Kier alpha value is -1.70. The number of nitrogens with one attached hydrogen (secondary N) is 2. The summed E-state index contributed by atoms with van der Waals surface area (Å²) in [6.45, 7) is 4.48. The van der Waals surface area contributed by atoms with Crippen molar-refractivity contribution < 1.29 is 14.3 Å². The second-order valence-corrected chi connectivity index (χ2v) is 6.53. The molecule has 0 aliphatic heterocycles. The third kappa shape index (κ3) is 9.44. The van der Waals surface area contributed by atoms with Crippen molar-refractivity contribution in [3.63, 3.8) is 0 Å². The summed E-state index contributed by atoms with van der Waals surface area (Å²) in [5.74, 6) is -0.200. The molecule has 1 heterocycles. The first-order chi connectivity index (χ1) is 11.7. The van der Waals surface area contributed by atoms with Crippen LogP contribution in [-0.2, 0) is 16.0 Å². The number of carbonyl (C=O) groups excluding carboxylic acids is 2. The van der Waals surface area contributed by atoms with E-state index >= 15 is 0 Å². The number of hydrogen-bond acceptors (Lipinski definition) is 6. The number of alkyl carbamates (subject to hydrolysis) is 1. The van der Waals surface area contributed by atoms with Crippen LogP contribution in [0.1, 0.15) is 63.8 Å². The zero-order valence-corrected chi connectivity index (χ0v) is 15.4.